The fourth-order valence-electron chi connectivity index (χ4n) is 1.39. The van der Waals surface area contributed by atoms with Gasteiger partial charge in [0.1, 0.15) is 0 Å². The van der Waals surface area contributed by atoms with Crippen LogP contribution in [0, 0.1) is 0 Å². The van der Waals surface area contributed by atoms with Crippen LogP contribution in [0.2, 0.25) is 0 Å². The molecular weight excluding hydrogens is 180 g/mol. The van der Waals surface area contributed by atoms with Gasteiger partial charge in [-0.2, -0.15) is 11.8 Å². The molecule has 1 heterocycles. The van der Waals surface area contributed by atoms with Crippen LogP contribution < -0.4 is 0 Å². The van der Waals surface area contributed by atoms with Crippen LogP contribution in [-0.4, -0.2) is 42.0 Å². The normalized spacial score (nSPS) is 27.5. The van der Waals surface area contributed by atoms with Gasteiger partial charge in [-0.05, 0) is 19.1 Å². The quantitative estimate of drug-likeness (QED) is 0.663. The summed E-state index contributed by atoms with van der Waals surface area (Å²) < 4.78 is 24.2. The molecule has 0 radical (unpaired) electrons. The van der Waals surface area contributed by atoms with Gasteiger partial charge in [-0.25, -0.2) is 8.78 Å². The molecule has 0 N–H and O–H groups in total. The lowest BCUT2D eigenvalue weighted by atomic mass is 10.2. The summed E-state index contributed by atoms with van der Waals surface area (Å²) in [6.45, 7) is 2.80. The standard InChI is InChI=1S/C8H15F2NS/c1-7-2-4-12-5-3-11(7)6-8(9)10/h7-8H,2-6H2,1H3. The van der Waals surface area contributed by atoms with E-state index in [0.29, 0.717) is 6.04 Å². The molecule has 1 fully saturated rings. The SMILES string of the molecule is CC1CCSCCN1CC(F)F. The summed E-state index contributed by atoms with van der Waals surface area (Å²) in [6.07, 6.45) is -1.15. The minimum atomic E-state index is -2.18. The van der Waals surface area contributed by atoms with Gasteiger partial charge in [0.25, 0.3) is 6.43 Å². The van der Waals surface area contributed by atoms with E-state index < -0.39 is 6.43 Å². The average molecular weight is 195 g/mol. The molecule has 1 unspecified atom stereocenters. The summed E-state index contributed by atoms with van der Waals surface area (Å²) >= 11 is 1.86. The van der Waals surface area contributed by atoms with Crippen molar-refractivity contribution in [2.45, 2.75) is 25.8 Å². The summed E-state index contributed by atoms with van der Waals surface area (Å²) in [6, 6.07) is 0.328. The lowest BCUT2D eigenvalue weighted by Crippen LogP contribution is -2.37. The highest BCUT2D eigenvalue weighted by Crippen LogP contribution is 2.16. The maximum atomic E-state index is 12.1. The first-order valence-corrected chi connectivity index (χ1v) is 5.45. The van der Waals surface area contributed by atoms with E-state index in [1.807, 2.05) is 23.6 Å². The highest BCUT2D eigenvalue weighted by atomic mass is 32.2. The number of alkyl halides is 2. The first kappa shape index (κ1) is 10.3. The van der Waals surface area contributed by atoms with Gasteiger partial charge in [0.05, 0.1) is 6.54 Å². The summed E-state index contributed by atoms with van der Waals surface area (Å²) in [5.74, 6) is 2.11. The Kier molecular flexibility index (Phi) is 4.29. The Morgan fingerprint density at radius 2 is 2.25 bits per heavy atom. The number of halogens is 2. The molecule has 1 aliphatic rings. The fourth-order valence-corrected chi connectivity index (χ4v) is 2.46. The molecular formula is C8H15F2NS. The number of rotatable bonds is 2. The van der Waals surface area contributed by atoms with Gasteiger partial charge in [-0.1, -0.05) is 0 Å². The van der Waals surface area contributed by atoms with Crippen molar-refractivity contribution in [2.24, 2.45) is 0 Å². The van der Waals surface area contributed by atoms with Crippen LogP contribution in [0.25, 0.3) is 0 Å². The molecule has 1 nitrogen and oxygen atoms in total. The molecule has 0 saturated carbocycles. The third kappa shape index (κ3) is 3.27. The zero-order valence-corrected chi connectivity index (χ0v) is 8.12. The average Bonchev–Trinajstić information content (AvgIpc) is 2.16. The number of hydrogen-bond donors (Lipinski definition) is 0. The van der Waals surface area contributed by atoms with E-state index in [1.165, 1.54) is 0 Å². The van der Waals surface area contributed by atoms with Gasteiger partial charge >= 0.3 is 0 Å². The lowest BCUT2D eigenvalue weighted by molar-refractivity contribution is 0.0734. The van der Waals surface area contributed by atoms with Crippen molar-refractivity contribution in [3.05, 3.63) is 0 Å². The number of nitrogens with zero attached hydrogens (tertiary/aromatic N) is 1. The predicted molar refractivity (Wildman–Crippen MR) is 49.0 cm³/mol. The highest BCUT2D eigenvalue weighted by Gasteiger charge is 2.19. The van der Waals surface area contributed by atoms with Gasteiger partial charge in [0.2, 0.25) is 0 Å². The van der Waals surface area contributed by atoms with Crippen LogP contribution in [0.1, 0.15) is 13.3 Å². The molecule has 72 valence electrons. The van der Waals surface area contributed by atoms with E-state index in [9.17, 15) is 8.78 Å². The summed E-state index contributed by atoms with van der Waals surface area (Å²) in [5, 5.41) is 0. The van der Waals surface area contributed by atoms with Crippen molar-refractivity contribution in [2.75, 3.05) is 24.6 Å². The molecule has 4 heteroatoms. The highest BCUT2D eigenvalue weighted by molar-refractivity contribution is 7.99. The van der Waals surface area contributed by atoms with Crippen molar-refractivity contribution in [3.63, 3.8) is 0 Å². The van der Waals surface area contributed by atoms with Crippen LogP contribution in [0.5, 0.6) is 0 Å². The minimum absolute atomic E-state index is 0.0538. The van der Waals surface area contributed by atoms with Crippen molar-refractivity contribution >= 4 is 11.8 Å². The monoisotopic (exact) mass is 195 g/mol. The molecule has 0 aliphatic carbocycles. The smallest absolute Gasteiger partial charge is 0.251 e. The number of thioether (sulfide) groups is 1. The molecule has 1 aliphatic heterocycles. The van der Waals surface area contributed by atoms with E-state index in [4.69, 9.17) is 0 Å². The van der Waals surface area contributed by atoms with Crippen LogP contribution >= 0.6 is 11.8 Å². The van der Waals surface area contributed by atoms with Gasteiger partial charge in [-0.15, -0.1) is 0 Å². The van der Waals surface area contributed by atoms with Gasteiger partial charge in [0.15, 0.2) is 0 Å². The van der Waals surface area contributed by atoms with Crippen LogP contribution in [0.15, 0.2) is 0 Å². The van der Waals surface area contributed by atoms with Crippen LogP contribution in [-0.2, 0) is 0 Å². The van der Waals surface area contributed by atoms with E-state index in [2.05, 4.69) is 0 Å². The third-order valence-electron chi connectivity index (χ3n) is 2.20. The van der Waals surface area contributed by atoms with Crippen LogP contribution in [0.3, 0.4) is 0 Å². The molecule has 0 aromatic carbocycles. The Bertz CT molecular complexity index is 132. The molecule has 0 spiro atoms. The molecule has 0 aromatic rings. The van der Waals surface area contributed by atoms with Gasteiger partial charge in [0, 0.05) is 18.3 Å². The second-order valence-electron chi connectivity index (χ2n) is 3.14. The van der Waals surface area contributed by atoms with Crippen molar-refractivity contribution < 1.29 is 8.78 Å². The van der Waals surface area contributed by atoms with Crippen molar-refractivity contribution in [3.8, 4) is 0 Å². The van der Waals surface area contributed by atoms with Crippen molar-refractivity contribution in [1.29, 1.82) is 0 Å². The first-order chi connectivity index (χ1) is 5.70. The number of hydrogen-bond acceptors (Lipinski definition) is 2. The second-order valence-corrected chi connectivity index (χ2v) is 4.36. The Balaban J connectivity index is 2.36. The summed E-state index contributed by atoms with van der Waals surface area (Å²) in [7, 11) is 0. The summed E-state index contributed by atoms with van der Waals surface area (Å²) in [5.41, 5.74) is 0. The predicted octanol–water partition coefficient (Wildman–Crippen LogP) is 2.08. The molecule has 0 aromatic heterocycles. The molecule has 12 heavy (non-hydrogen) atoms. The first-order valence-electron chi connectivity index (χ1n) is 4.30. The second kappa shape index (κ2) is 5.02. The molecule has 1 rings (SSSR count). The Morgan fingerprint density at radius 3 is 2.92 bits per heavy atom. The van der Waals surface area contributed by atoms with Crippen LogP contribution in [0.4, 0.5) is 8.78 Å². The lowest BCUT2D eigenvalue weighted by Gasteiger charge is -2.25. The minimum Gasteiger partial charge on any atom is -0.294 e. The molecule has 0 amide bonds. The van der Waals surface area contributed by atoms with E-state index in [-0.39, 0.29) is 6.54 Å². The Morgan fingerprint density at radius 1 is 1.50 bits per heavy atom. The van der Waals surface area contributed by atoms with E-state index >= 15 is 0 Å². The van der Waals surface area contributed by atoms with E-state index in [1.54, 1.807) is 0 Å². The molecule has 0 bridgehead atoms. The maximum Gasteiger partial charge on any atom is 0.251 e. The fraction of sp³-hybridized carbons (Fsp3) is 1.00. The molecule has 1 saturated heterocycles. The Labute approximate surface area is 76.5 Å². The van der Waals surface area contributed by atoms with Gasteiger partial charge < -0.3 is 0 Å². The van der Waals surface area contributed by atoms with E-state index in [0.717, 1.165) is 24.5 Å². The third-order valence-corrected chi connectivity index (χ3v) is 3.19. The largest absolute Gasteiger partial charge is 0.294 e. The zero-order valence-electron chi connectivity index (χ0n) is 7.30. The maximum absolute atomic E-state index is 12.1. The molecule has 1 atom stereocenters. The van der Waals surface area contributed by atoms with Crippen molar-refractivity contribution in [1.82, 2.24) is 4.90 Å². The summed E-state index contributed by atoms with van der Waals surface area (Å²) in [4.78, 5) is 1.89. The Hall–Kier alpha value is 0.170. The zero-order chi connectivity index (χ0) is 8.97. The topological polar surface area (TPSA) is 3.24 Å². The van der Waals surface area contributed by atoms with Gasteiger partial charge in [-0.3, -0.25) is 4.90 Å².